The number of morpholine rings is 1. The summed E-state index contributed by atoms with van der Waals surface area (Å²) in [6, 6.07) is 14.3. The van der Waals surface area contributed by atoms with E-state index in [-0.39, 0.29) is 5.91 Å². The predicted octanol–water partition coefficient (Wildman–Crippen LogP) is 4.91. The molecule has 3 N–H and O–H groups in total. The maximum atomic E-state index is 13.5. The van der Waals surface area contributed by atoms with Crippen molar-refractivity contribution in [1.82, 2.24) is 4.98 Å². The van der Waals surface area contributed by atoms with Crippen LogP contribution in [0.15, 0.2) is 60.4 Å². The van der Waals surface area contributed by atoms with Gasteiger partial charge in [0, 0.05) is 43.4 Å². The molecule has 0 bridgehead atoms. The summed E-state index contributed by atoms with van der Waals surface area (Å²) in [6.07, 6.45) is 4.44. The summed E-state index contributed by atoms with van der Waals surface area (Å²) in [5, 5.41) is 3.86. The van der Waals surface area contributed by atoms with Gasteiger partial charge in [-0.15, -0.1) is 0 Å². The Morgan fingerprint density at radius 1 is 1.24 bits per heavy atom. The van der Waals surface area contributed by atoms with Gasteiger partial charge < -0.3 is 25.6 Å². The van der Waals surface area contributed by atoms with E-state index in [9.17, 15) is 4.79 Å². The smallest absolute Gasteiger partial charge is 0.274 e. The molecule has 1 fully saturated rings. The number of carbonyl (C=O) groups excluding carboxylic acids is 1. The molecule has 1 saturated heterocycles. The van der Waals surface area contributed by atoms with E-state index in [1.165, 1.54) is 11.3 Å². The van der Waals surface area contributed by atoms with Crippen molar-refractivity contribution in [3.05, 3.63) is 66.0 Å². The number of nitrogen functional groups attached to an aromatic ring is 1. The molecule has 0 aliphatic carbocycles. The number of nitrogens with one attached hydrogen (secondary N) is 1. The van der Waals surface area contributed by atoms with Crippen LogP contribution in [0, 0.1) is 6.92 Å². The lowest BCUT2D eigenvalue weighted by Crippen LogP contribution is -2.36. The summed E-state index contributed by atoms with van der Waals surface area (Å²) < 4.78 is 5.44. The van der Waals surface area contributed by atoms with Gasteiger partial charge >= 0.3 is 0 Å². The lowest BCUT2D eigenvalue weighted by molar-refractivity contribution is -0.114. The molecule has 8 heteroatoms. The van der Waals surface area contributed by atoms with Gasteiger partial charge in [0.1, 0.15) is 5.70 Å². The Bertz CT molecular complexity index is 1170. The van der Waals surface area contributed by atoms with Crippen LogP contribution < -0.4 is 20.9 Å². The zero-order valence-corrected chi connectivity index (χ0v) is 20.7. The molecule has 0 unspecified atom stereocenters. The van der Waals surface area contributed by atoms with Gasteiger partial charge in [-0.3, -0.25) is 4.79 Å². The minimum absolute atomic E-state index is 0.0943. The summed E-state index contributed by atoms with van der Waals surface area (Å²) >= 11 is 1.43. The van der Waals surface area contributed by atoms with Crippen molar-refractivity contribution in [2.45, 2.75) is 20.3 Å². The average molecular weight is 478 g/mol. The Hall–Kier alpha value is -3.36. The van der Waals surface area contributed by atoms with Crippen LogP contribution in [0.25, 0.3) is 10.4 Å². The van der Waals surface area contributed by atoms with E-state index in [1.54, 1.807) is 11.1 Å². The van der Waals surface area contributed by atoms with Gasteiger partial charge in [-0.25, -0.2) is 4.98 Å². The number of nitrogens with two attached hydrogens (primary N) is 1. The van der Waals surface area contributed by atoms with E-state index in [1.807, 2.05) is 57.3 Å². The number of amides is 1. The lowest BCUT2D eigenvalue weighted by atomic mass is 10.1. The van der Waals surface area contributed by atoms with Crippen molar-refractivity contribution < 1.29 is 9.53 Å². The van der Waals surface area contributed by atoms with Gasteiger partial charge in [0.15, 0.2) is 5.13 Å². The fourth-order valence-corrected chi connectivity index (χ4v) is 4.64. The molecular weight excluding hydrogens is 446 g/mol. The van der Waals surface area contributed by atoms with Gasteiger partial charge in [0.05, 0.1) is 18.1 Å². The number of ether oxygens (including phenoxy) is 1. The van der Waals surface area contributed by atoms with Crippen molar-refractivity contribution >= 4 is 39.4 Å². The summed E-state index contributed by atoms with van der Waals surface area (Å²) in [4.78, 5) is 22.6. The minimum atomic E-state index is -0.0943. The first-order valence-electron chi connectivity index (χ1n) is 11.5. The molecule has 3 aromatic rings. The Balaban J connectivity index is 1.52. The molecule has 34 heavy (non-hydrogen) atoms. The number of rotatable bonds is 7. The third kappa shape index (κ3) is 5.40. The number of aryl methyl sites for hydroxylation is 1. The van der Waals surface area contributed by atoms with E-state index in [0.29, 0.717) is 10.8 Å². The minimum Gasteiger partial charge on any atom is -0.378 e. The van der Waals surface area contributed by atoms with Crippen LogP contribution in [0.5, 0.6) is 0 Å². The molecule has 1 aliphatic heterocycles. The number of carbonyl (C=O) groups is 1. The largest absolute Gasteiger partial charge is 0.378 e. The quantitative estimate of drug-likeness (QED) is 0.471. The molecule has 2 aromatic carbocycles. The number of anilines is 4. The molecule has 7 nitrogen and oxygen atoms in total. The van der Waals surface area contributed by atoms with Gasteiger partial charge in [-0.05, 0) is 54.8 Å². The second kappa shape index (κ2) is 10.7. The van der Waals surface area contributed by atoms with Crippen LogP contribution >= 0.6 is 11.3 Å². The maximum absolute atomic E-state index is 13.5. The maximum Gasteiger partial charge on any atom is 0.274 e. The van der Waals surface area contributed by atoms with Gasteiger partial charge in [0.2, 0.25) is 0 Å². The number of thiazole rings is 1. The van der Waals surface area contributed by atoms with Crippen LogP contribution in [0.3, 0.4) is 0 Å². The highest BCUT2D eigenvalue weighted by Gasteiger charge is 2.19. The van der Waals surface area contributed by atoms with E-state index >= 15 is 0 Å². The topological polar surface area (TPSA) is 83.7 Å². The zero-order chi connectivity index (χ0) is 24.1. The third-order valence-electron chi connectivity index (χ3n) is 5.84. The number of allylic oxidation sites excluding steroid dienone is 1. The first-order valence-corrected chi connectivity index (χ1v) is 12.3. The SMILES string of the molecule is CC/C=C(\Nc1ccc(N2CCOCC2)cc1)C(=O)N(C)c1cc(-c2cnc(N)s2)ccc1C. The second-order valence-electron chi connectivity index (χ2n) is 8.23. The number of hydrogen-bond acceptors (Lipinski definition) is 7. The van der Waals surface area contributed by atoms with E-state index in [0.717, 1.165) is 65.8 Å². The molecule has 1 aliphatic rings. The molecule has 0 spiro atoms. The Morgan fingerprint density at radius 3 is 2.62 bits per heavy atom. The molecule has 0 radical (unpaired) electrons. The summed E-state index contributed by atoms with van der Waals surface area (Å²) in [5.41, 5.74) is 11.3. The van der Waals surface area contributed by atoms with Crippen LogP contribution in [-0.2, 0) is 9.53 Å². The molecule has 2 heterocycles. The van der Waals surface area contributed by atoms with Gasteiger partial charge in [0.25, 0.3) is 5.91 Å². The van der Waals surface area contributed by atoms with Gasteiger partial charge in [-0.2, -0.15) is 0 Å². The Kier molecular flexibility index (Phi) is 7.49. The molecule has 0 saturated carbocycles. The Morgan fingerprint density at radius 2 is 1.97 bits per heavy atom. The number of nitrogens with zero attached hydrogens (tertiary/aromatic N) is 3. The zero-order valence-electron chi connectivity index (χ0n) is 19.9. The van der Waals surface area contributed by atoms with E-state index in [2.05, 4.69) is 27.3 Å². The highest BCUT2D eigenvalue weighted by molar-refractivity contribution is 7.18. The molecule has 1 aromatic heterocycles. The van der Waals surface area contributed by atoms with Crippen LogP contribution in [0.4, 0.5) is 22.2 Å². The fourth-order valence-electron chi connectivity index (χ4n) is 3.96. The first-order chi connectivity index (χ1) is 16.5. The van der Waals surface area contributed by atoms with Crippen molar-refractivity contribution in [3.8, 4) is 10.4 Å². The summed E-state index contributed by atoms with van der Waals surface area (Å²) in [5.74, 6) is -0.0943. The Labute approximate surface area is 204 Å². The van der Waals surface area contributed by atoms with Crippen molar-refractivity contribution in [1.29, 1.82) is 0 Å². The normalized spacial score (nSPS) is 14.2. The average Bonchev–Trinajstić information content (AvgIpc) is 3.30. The van der Waals surface area contributed by atoms with Crippen molar-refractivity contribution in [2.24, 2.45) is 0 Å². The second-order valence-corrected chi connectivity index (χ2v) is 9.29. The van der Waals surface area contributed by atoms with E-state index in [4.69, 9.17) is 10.5 Å². The standard InChI is InChI=1S/C26H31N5O2S/c1-4-5-22(29-20-8-10-21(11-9-20)31-12-14-33-15-13-31)25(32)30(3)23-16-19(7-6-18(23)2)24-17-28-26(27)34-24/h5-11,16-17,29H,4,12-15H2,1-3H3,(H2,27,28)/b22-5-. The molecular formula is C26H31N5O2S. The first kappa shape index (κ1) is 23.8. The van der Waals surface area contributed by atoms with Crippen molar-refractivity contribution in [3.63, 3.8) is 0 Å². The fraction of sp³-hybridized carbons (Fsp3) is 0.308. The monoisotopic (exact) mass is 477 g/mol. The third-order valence-corrected chi connectivity index (χ3v) is 6.72. The molecule has 0 atom stereocenters. The molecule has 178 valence electrons. The number of aromatic nitrogens is 1. The molecule has 1 amide bonds. The number of hydrogen-bond donors (Lipinski definition) is 2. The highest BCUT2D eigenvalue weighted by Crippen LogP contribution is 2.32. The van der Waals surface area contributed by atoms with Crippen molar-refractivity contribution in [2.75, 3.05) is 54.2 Å². The van der Waals surface area contributed by atoms with Crippen LogP contribution in [-0.4, -0.2) is 44.2 Å². The lowest BCUT2D eigenvalue weighted by Gasteiger charge is -2.29. The number of likely N-dealkylation sites (N-methyl/N-ethyl adjacent to an activating group) is 1. The van der Waals surface area contributed by atoms with Crippen LogP contribution in [0.2, 0.25) is 0 Å². The molecule has 4 rings (SSSR count). The predicted molar refractivity (Wildman–Crippen MR) is 142 cm³/mol. The van der Waals surface area contributed by atoms with Crippen LogP contribution in [0.1, 0.15) is 18.9 Å². The van der Waals surface area contributed by atoms with E-state index < -0.39 is 0 Å². The highest BCUT2D eigenvalue weighted by atomic mass is 32.1. The number of benzene rings is 2. The summed E-state index contributed by atoms with van der Waals surface area (Å²) in [7, 11) is 1.81. The summed E-state index contributed by atoms with van der Waals surface area (Å²) in [6.45, 7) is 7.32. The van der Waals surface area contributed by atoms with Gasteiger partial charge in [-0.1, -0.05) is 36.5 Å².